The Hall–Kier alpha value is -3.25. The molecule has 3 aromatic carbocycles. The van der Waals surface area contributed by atoms with Gasteiger partial charge < -0.3 is 14.8 Å². The van der Waals surface area contributed by atoms with Crippen molar-refractivity contribution in [2.24, 2.45) is 0 Å². The first-order chi connectivity index (χ1) is 17.2. The molecule has 0 aliphatic heterocycles. The van der Waals surface area contributed by atoms with E-state index in [0.717, 1.165) is 18.4 Å². The van der Waals surface area contributed by atoms with Crippen LogP contribution in [-0.2, 0) is 35.5 Å². The fourth-order valence-electron chi connectivity index (χ4n) is 3.87. The van der Waals surface area contributed by atoms with E-state index >= 15 is 0 Å². The van der Waals surface area contributed by atoms with Gasteiger partial charge in [-0.25, -0.2) is 4.79 Å². The zero-order valence-electron chi connectivity index (χ0n) is 20.0. The number of rotatable bonds is 12. The maximum absolute atomic E-state index is 11.6. The highest BCUT2D eigenvalue weighted by atomic mass is 32.1. The molecule has 0 radical (unpaired) electrons. The predicted octanol–water partition coefficient (Wildman–Crippen LogP) is 6.37. The van der Waals surface area contributed by atoms with Crippen molar-refractivity contribution < 1.29 is 14.3 Å². The number of nitrogens with one attached hydrogen (secondary N) is 1. The van der Waals surface area contributed by atoms with Gasteiger partial charge in [0.2, 0.25) is 0 Å². The van der Waals surface area contributed by atoms with Gasteiger partial charge in [0, 0.05) is 18.0 Å². The second-order valence-electron chi connectivity index (χ2n) is 8.44. The van der Waals surface area contributed by atoms with E-state index in [1.54, 1.807) is 23.5 Å². The molecular weight excluding hydrogens is 454 g/mol. The Morgan fingerprint density at radius 2 is 1.46 bits per heavy atom. The van der Waals surface area contributed by atoms with Crippen molar-refractivity contribution in [1.82, 2.24) is 5.32 Å². The Labute approximate surface area is 211 Å². The smallest absolute Gasteiger partial charge is 0.337 e. The molecule has 1 N–H and O–H groups in total. The third-order valence-electron chi connectivity index (χ3n) is 5.91. The lowest BCUT2D eigenvalue weighted by atomic mass is 10.0. The van der Waals surface area contributed by atoms with Gasteiger partial charge >= 0.3 is 5.97 Å². The third kappa shape index (κ3) is 7.62. The first-order valence-electron chi connectivity index (χ1n) is 11.9. The van der Waals surface area contributed by atoms with Crippen LogP contribution in [0.5, 0.6) is 0 Å². The van der Waals surface area contributed by atoms with Crippen LogP contribution in [0.4, 0.5) is 0 Å². The number of thiophene rings is 1. The first-order valence-corrected chi connectivity index (χ1v) is 12.7. The number of hydrogen-bond acceptors (Lipinski definition) is 5. The normalized spacial score (nSPS) is 11.8. The Morgan fingerprint density at radius 3 is 2.11 bits per heavy atom. The molecule has 1 unspecified atom stereocenters. The predicted molar refractivity (Wildman–Crippen MR) is 142 cm³/mol. The summed E-state index contributed by atoms with van der Waals surface area (Å²) in [5, 5.41) is 5.58. The summed E-state index contributed by atoms with van der Waals surface area (Å²) in [5.74, 6) is -0.320. The van der Waals surface area contributed by atoms with Crippen LogP contribution in [0.3, 0.4) is 0 Å². The second kappa shape index (κ2) is 13.0. The SMILES string of the molecule is COC(=O)c1ccc(CNCC(OCc2ccc(CCc3ccccc3)cc2)c2cccs2)cc1. The maximum Gasteiger partial charge on any atom is 0.337 e. The first kappa shape index (κ1) is 24.9. The van der Waals surface area contributed by atoms with Crippen LogP contribution in [0.25, 0.3) is 0 Å². The van der Waals surface area contributed by atoms with E-state index in [4.69, 9.17) is 9.47 Å². The number of carbonyl (C=O) groups excluding carboxylic acids is 1. The van der Waals surface area contributed by atoms with Gasteiger partial charge in [-0.05, 0) is 58.7 Å². The van der Waals surface area contributed by atoms with Crippen molar-refractivity contribution in [1.29, 1.82) is 0 Å². The lowest BCUT2D eigenvalue weighted by Crippen LogP contribution is -2.22. The minimum atomic E-state index is -0.320. The van der Waals surface area contributed by atoms with Gasteiger partial charge in [-0.3, -0.25) is 0 Å². The van der Waals surface area contributed by atoms with E-state index in [1.807, 2.05) is 12.1 Å². The van der Waals surface area contributed by atoms with E-state index in [0.29, 0.717) is 25.3 Å². The molecule has 1 aromatic heterocycles. The van der Waals surface area contributed by atoms with Crippen molar-refractivity contribution in [3.63, 3.8) is 0 Å². The van der Waals surface area contributed by atoms with Crippen LogP contribution in [0.15, 0.2) is 96.4 Å². The van der Waals surface area contributed by atoms with E-state index in [9.17, 15) is 4.79 Å². The van der Waals surface area contributed by atoms with Crippen LogP contribution >= 0.6 is 11.3 Å². The van der Waals surface area contributed by atoms with Gasteiger partial charge in [-0.15, -0.1) is 11.3 Å². The van der Waals surface area contributed by atoms with Crippen molar-refractivity contribution in [3.05, 3.63) is 129 Å². The van der Waals surface area contributed by atoms with Crippen molar-refractivity contribution in [2.75, 3.05) is 13.7 Å². The highest BCUT2D eigenvalue weighted by Crippen LogP contribution is 2.24. The topological polar surface area (TPSA) is 47.6 Å². The highest BCUT2D eigenvalue weighted by molar-refractivity contribution is 7.10. The summed E-state index contributed by atoms with van der Waals surface area (Å²) in [6.45, 7) is 1.97. The average Bonchev–Trinajstić information content (AvgIpc) is 3.45. The summed E-state index contributed by atoms with van der Waals surface area (Å²) < 4.78 is 11.1. The van der Waals surface area contributed by atoms with Gasteiger partial charge in [0.1, 0.15) is 6.10 Å². The molecule has 1 atom stereocenters. The minimum Gasteiger partial charge on any atom is -0.465 e. The van der Waals surface area contributed by atoms with Crippen molar-refractivity contribution in [2.45, 2.75) is 32.1 Å². The summed E-state index contributed by atoms with van der Waals surface area (Å²) in [6.07, 6.45) is 2.06. The Bertz CT molecular complexity index is 1160. The Kier molecular flexibility index (Phi) is 9.24. The molecule has 0 aliphatic rings. The fourth-order valence-corrected chi connectivity index (χ4v) is 4.65. The van der Waals surface area contributed by atoms with E-state index in [2.05, 4.69) is 77.4 Å². The van der Waals surface area contributed by atoms with Crippen LogP contribution in [0, 0.1) is 0 Å². The number of ether oxygens (including phenoxy) is 2. The van der Waals surface area contributed by atoms with E-state index in [-0.39, 0.29) is 12.1 Å². The molecule has 4 aromatic rings. The lowest BCUT2D eigenvalue weighted by molar-refractivity contribution is 0.0419. The summed E-state index contributed by atoms with van der Waals surface area (Å²) >= 11 is 1.71. The molecule has 0 aliphatic carbocycles. The summed E-state index contributed by atoms with van der Waals surface area (Å²) in [7, 11) is 1.39. The Morgan fingerprint density at radius 1 is 0.800 bits per heavy atom. The summed E-state index contributed by atoms with van der Waals surface area (Å²) in [5.41, 5.74) is 5.54. The summed E-state index contributed by atoms with van der Waals surface area (Å²) in [6, 6.07) is 31.0. The Balaban J connectivity index is 1.27. The molecule has 0 saturated carbocycles. The monoisotopic (exact) mass is 485 g/mol. The third-order valence-corrected chi connectivity index (χ3v) is 6.88. The zero-order valence-corrected chi connectivity index (χ0v) is 20.8. The number of esters is 1. The van der Waals surface area contributed by atoms with E-state index in [1.165, 1.54) is 28.7 Å². The molecule has 0 spiro atoms. The number of benzene rings is 3. The van der Waals surface area contributed by atoms with Gasteiger partial charge in [0.05, 0.1) is 19.3 Å². The van der Waals surface area contributed by atoms with Gasteiger partial charge in [-0.2, -0.15) is 0 Å². The standard InChI is InChI=1S/C30H31NO3S/c1-33-30(32)27-17-15-25(16-18-27)20-31-21-28(29-8-5-19-35-29)34-22-26-13-11-24(12-14-26)10-9-23-6-3-2-4-7-23/h2-8,11-19,28,31H,9-10,20-22H2,1H3. The number of hydrogen-bond donors (Lipinski definition) is 1. The minimum absolute atomic E-state index is 0.0258. The van der Waals surface area contributed by atoms with Gasteiger partial charge in [-0.1, -0.05) is 72.8 Å². The van der Waals surface area contributed by atoms with Gasteiger partial charge in [0.15, 0.2) is 0 Å². The molecule has 4 rings (SSSR count). The molecule has 180 valence electrons. The molecule has 0 fully saturated rings. The van der Waals surface area contributed by atoms with Gasteiger partial charge in [0.25, 0.3) is 0 Å². The molecule has 4 nitrogen and oxygen atoms in total. The van der Waals surface area contributed by atoms with Crippen LogP contribution in [0.1, 0.15) is 43.6 Å². The van der Waals surface area contributed by atoms with Crippen LogP contribution in [-0.4, -0.2) is 19.6 Å². The molecule has 1 heterocycles. The molecule has 35 heavy (non-hydrogen) atoms. The van der Waals surface area contributed by atoms with Crippen LogP contribution in [0.2, 0.25) is 0 Å². The quantitative estimate of drug-likeness (QED) is 0.237. The van der Waals surface area contributed by atoms with Crippen LogP contribution < -0.4 is 5.32 Å². The van der Waals surface area contributed by atoms with E-state index < -0.39 is 0 Å². The molecular formula is C30H31NO3S. The number of aryl methyl sites for hydroxylation is 2. The molecule has 0 bridgehead atoms. The number of methoxy groups -OCH3 is 1. The molecule has 0 amide bonds. The highest BCUT2D eigenvalue weighted by Gasteiger charge is 2.14. The van der Waals surface area contributed by atoms with Crippen molar-refractivity contribution in [3.8, 4) is 0 Å². The molecule has 0 saturated heterocycles. The largest absolute Gasteiger partial charge is 0.465 e. The summed E-state index contributed by atoms with van der Waals surface area (Å²) in [4.78, 5) is 12.8. The fraction of sp³-hybridized carbons (Fsp3) is 0.233. The number of carbonyl (C=O) groups is 1. The zero-order chi connectivity index (χ0) is 24.3. The van der Waals surface area contributed by atoms with Crippen molar-refractivity contribution >= 4 is 17.3 Å². The maximum atomic E-state index is 11.6. The lowest BCUT2D eigenvalue weighted by Gasteiger charge is -2.18. The second-order valence-corrected chi connectivity index (χ2v) is 9.42. The molecule has 5 heteroatoms. The average molecular weight is 486 g/mol.